The minimum atomic E-state index is -0.365. The van der Waals surface area contributed by atoms with Crippen molar-refractivity contribution in [2.45, 2.75) is 71.5 Å². The molecule has 1 saturated heterocycles. The van der Waals surface area contributed by atoms with Gasteiger partial charge in [-0.2, -0.15) is 0 Å². The Morgan fingerprint density at radius 1 is 1.29 bits per heavy atom. The maximum atomic E-state index is 12.7. The van der Waals surface area contributed by atoms with Crippen molar-refractivity contribution in [2.75, 3.05) is 13.7 Å². The van der Waals surface area contributed by atoms with Crippen molar-refractivity contribution in [3.8, 4) is 0 Å². The second-order valence-electron chi connectivity index (χ2n) is 6.37. The predicted molar refractivity (Wildman–Crippen MR) is 82.9 cm³/mol. The quantitative estimate of drug-likeness (QED) is 0.745. The Morgan fingerprint density at radius 3 is 2.48 bits per heavy atom. The molecule has 1 aliphatic heterocycles. The molecule has 0 bridgehead atoms. The van der Waals surface area contributed by atoms with E-state index in [1.807, 2.05) is 13.8 Å². The Labute approximate surface area is 128 Å². The van der Waals surface area contributed by atoms with Crippen LogP contribution in [0, 0.1) is 5.92 Å². The van der Waals surface area contributed by atoms with Gasteiger partial charge in [0.05, 0.1) is 0 Å². The molecule has 0 saturated carbocycles. The fourth-order valence-corrected chi connectivity index (χ4v) is 2.89. The summed E-state index contributed by atoms with van der Waals surface area (Å²) in [5.41, 5.74) is 0. The van der Waals surface area contributed by atoms with E-state index in [-0.39, 0.29) is 29.9 Å². The van der Waals surface area contributed by atoms with Crippen LogP contribution in [0.2, 0.25) is 0 Å². The molecule has 2 amide bonds. The molecule has 0 aliphatic carbocycles. The van der Waals surface area contributed by atoms with Crippen molar-refractivity contribution in [2.24, 2.45) is 5.92 Å². The molecule has 1 aliphatic rings. The van der Waals surface area contributed by atoms with Gasteiger partial charge < -0.3 is 15.0 Å². The van der Waals surface area contributed by atoms with Crippen molar-refractivity contribution in [3.63, 3.8) is 0 Å². The number of rotatable bonds is 8. The molecule has 3 unspecified atom stereocenters. The maximum absolute atomic E-state index is 12.7. The van der Waals surface area contributed by atoms with Crippen molar-refractivity contribution in [3.05, 3.63) is 0 Å². The minimum absolute atomic E-state index is 0.00832. The first-order valence-corrected chi connectivity index (χ1v) is 8.03. The van der Waals surface area contributed by atoms with E-state index in [0.29, 0.717) is 25.4 Å². The average Bonchev–Trinajstić information content (AvgIpc) is 2.41. The highest BCUT2D eigenvalue weighted by Gasteiger charge is 2.42. The van der Waals surface area contributed by atoms with Crippen molar-refractivity contribution in [1.29, 1.82) is 0 Å². The van der Waals surface area contributed by atoms with Gasteiger partial charge in [0.15, 0.2) is 0 Å². The zero-order valence-electron chi connectivity index (χ0n) is 14.0. The lowest BCUT2D eigenvalue weighted by molar-refractivity contribution is -0.153. The van der Waals surface area contributed by atoms with Gasteiger partial charge in [-0.1, -0.05) is 27.2 Å². The molecule has 122 valence electrons. The highest BCUT2D eigenvalue weighted by atomic mass is 16.5. The third kappa shape index (κ3) is 4.70. The molecule has 0 spiro atoms. The summed E-state index contributed by atoms with van der Waals surface area (Å²) in [7, 11) is 1.66. The highest BCUT2D eigenvalue weighted by Crippen LogP contribution is 2.23. The van der Waals surface area contributed by atoms with Crippen LogP contribution in [0.5, 0.6) is 0 Å². The van der Waals surface area contributed by atoms with E-state index < -0.39 is 0 Å². The third-order valence-electron chi connectivity index (χ3n) is 3.99. The molecule has 1 N–H and O–H groups in total. The van der Waals surface area contributed by atoms with Gasteiger partial charge in [0.1, 0.15) is 12.1 Å². The number of nitrogens with zero attached hydrogens (tertiary/aromatic N) is 1. The topological polar surface area (TPSA) is 58.6 Å². The van der Waals surface area contributed by atoms with Gasteiger partial charge in [0.2, 0.25) is 11.8 Å². The van der Waals surface area contributed by atoms with Crippen LogP contribution in [0.25, 0.3) is 0 Å². The van der Waals surface area contributed by atoms with Crippen LogP contribution in [0.1, 0.15) is 53.4 Å². The summed E-state index contributed by atoms with van der Waals surface area (Å²) < 4.78 is 5.12. The SMILES string of the molecule is CCCC1NC(=O)C(CC(C)C)N(C(C)CCOC)C1=O. The first-order chi connectivity index (χ1) is 9.92. The molecule has 1 fully saturated rings. The predicted octanol–water partition coefficient (Wildman–Crippen LogP) is 1.95. The standard InChI is InChI=1S/C16H30N2O3/c1-6-7-13-16(20)18(12(4)8-9-21-5)14(10-11(2)3)15(19)17-13/h11-14H,6-10H2,1-5H3,(H,17,19). The zero-order valence-corrected chi connectivity index (χ0v) is 14.0. The Kier molecular flexibility index (Phi) is 7.15. The van der Waals surface area contributed by atoms with Crippen LogP contribution in [0.15, 0.2) is 0 Å². The molecule has 1 heterocycles. The molecular weight excluding hydrogens is 268 g/mol. The summed E-state index contributed by atoms with van der Waals surface area (Å²) in [5.74, 6) is 0.421. The van der Waals surface area contributed by atoms with Gasteiger partial charge in [-0.25, -0.2) is 0 Å². The van der Waals surface area contributed by atoms with E-state index in [4.69, 9.17) is 4.74 Å². The summed E-state index contributed by atoms with van der Waals surface area (Å²) in [6.45, 7) is 8.78. The molecule has 0 aromatic heterocycles. The Morgan fingerprint density at radius 2 is 1.95 bits per heavy atom. The highest BCUT2D eigenvalue weighted by molar-refractivity contribution is 5.97. The second kappa shape index (κ2) is 8.37. The Bertz CT molecular complexity index is 357. The van der Waals surface area contributed by atoms with Crippen LogP contribution < -0.4 is 5.32 Å². The van der Waals surface area contributed by atoms with Crippen LogP contribution in [-0.2, 0) is 14.3 Å². The smallest absolute Gasteiger partial charge is 0.246 e. The van der Waals surface area contributed by atoms with Gasteiger partial charge in [-0.3, -0.25) is 9.59 Å². The molecule has 0 radical (unpaired) electrons. The van der Waals surface area contributed by atoms with Crippen LogP contribution in [0.4, 0.5) is 0 Å². The van der Waals surface area contributed by atoms with E-state index in [2.05, 4.69) is 19.2 Å². The number of hydrogen-bond acceptors (Lipinski definition) is 3. The fraction of sp³-hybridized carbons (Fsp3) is 0.875. The number of nitrogens with one attached hydrogen (secondary N) is 1. The summed E-state index contributed by atoms with van der Waals surface area (Å²) in [5, 5.41) is 2.90. The molecule has 5 heteroatoms. The molecule has 21 heavy (non-hydrogen) atoms. The Balaban J connectivity index is 2.93. The molecule has 0 aromatic rings. The normalized spacial score (nSPS) is 24.4. The fourth-order valence-electron chi connectivity index (χ4n) is 2.89. The largest absolute Gasteiger partial charge is 0.385 e. The first kappa shape index (κ1) is 18.0. The van der Waals surface area contributed by atoms with Gasteiger partial charge >= 0.3 is 0 Å². The van der Waals surface area contributed by atoms with E-state index in [1.165, 1.54) is 0 Å². The first-order valence-electron chi connectivity index (χ1n) is 8.03. The number of ether oxygens (including phenoxy) is 1. The minimum Gasteiger partial charge on any atom is -0.385 e. The van der Waals surface area contributed by atoms with Gasteiger partial charge in [0.25, 0.3) is 0 Å². The number of carbonyl (C=O) groups is 2. The monoisotopic (exact) mass is 298 g/mol. The van der Waals surface area contributed by atoms with Crippen molar-refractivity contribution in [1.82, 2.24) is 10.2 Å². The summed E-state index contributed by atoms with van der Waals surface area (Å²) in [6.07, 6.45) is 3.04. The number of methoxy groups -OCH3 is 1. The number of amides is 2. The number of carbonyl (C=O) groups excluding carboxylic acids is 2. The lowest BCUT2D eigenvalue weighted by Gasteiger charge is -2.43. The number of hydrogen-bond donors (Lipinski definition) is 1. The third-order valence-corrected chi connectivity index (χ3v) is 3.99. The van der Waals surface area contributed by atoms with E-state index in [1.54, 1.807) is 12.0 Å². The average molecular weight is 298 g/mol. The Hall–Kier alpha value is -1.10. The van der Waals surface area contributed by atoms with Crippen LogP contribution in [0.3, 0.4) is 0 Å². The second-order valence-corrected chi connectivity index (χ2v) is 6.37. The van der Waals surface area contributed by atoms with E-state index >= 15 is 0 Å². The molecule has 0 aromatic carbocycles. The van der Waals surface area contributed by atoms with Crippen molar-refractivity contribution < 1.29 is 14.3 Å². The summed E-state index contributed by atoms with van der Waals surface area (Å²) in [4.78, 5) is 26.9. The summed E-state index contributed by atoms with van der Waals surface area (Å²) in [6, 6.07) is -0.694. The lowest BCUT2D eigenvalue weighted by atomic mass is 9.94. The molecule has 5 nitrogen and oxygen atoms in total. The van der Waals surface area contributed by atoms with E-state index in [0.717, 1.165) is 12.8 Å². The van der Waals surface area contributed by atoms with Crippen LogP contribution in [-0.4, -0.2) is 48.6 Å². The van der Waals surface area contributed by atoms with Crippen LogP contribution >= 0.6 is 0 Å². The van der Waals surface area contributed by atoms with Gasteiger partial charge in [-0.15, -0.1) is 0 Å². The maximum Gasteiger partial charge on any atom is 0.246 e. The van der Waals surface area contributed by atoms with Gasteiger partial charge in [-0.05, 0) is 32.1 Å². The molecule has 1 rings (SSSR count). The molecule has 3 atom stereocenters. The molecular formula is C16H30N2O3. The van der Waals surface area contributed by atoms with Crippen molar-refractivity contribution >= 4 is 11.8 Å². The number of piperazine rings is 1. The van der Waals surface area contributed by atoms with E-state index in [9.17, 15) is 9.59 Å². The lowest BCUT2D eigenvalue weighted by Crippen LogP contribution is -2.65. The summed E-state index contributed by atoms with van der Waals surface area (Å²) >= 11 is 0. The van der Waals surface area contributed by atoms with Gasteiger partial charge in [0, 0.05) is 19.8 Å². The zero-order chi connectivity index (χ0) is 16.0.